The number of halogens is 1. The second-order valence-electron chi connectivity index (χ2n) is 7.42. The molecule has 0 atom stereocenters. The van der Waals surface area contributed by atoms with Crippen LogP contribution in [0.25, 0.3) is 44.4 Å². The SMILES string of the molecule is Cc1ncnc2ccc(-c3cc(-c4cnn(C)c4)c(N)nc3-c3ccc(F)cc3)cc12. The summed E-state index contributed by atoms with van der Waals surface area (Å²) >= 11 is 0. The molecule has 5 rings (SSSR count). The van der Waals surface area contributed by atoms with Gasteiger partial charge in [0.25, 0.3) is 0 Å². The molecule has 0 radical (unpaired) electrons. The van der Waals surface area contributed by atoms with Crippen LogP contribution in [0.2, 0.25) is 0 Å². The van der Waals surface area contributed by atoms with Crippen LogP contribution in [-0.4, -0.2) is 24.7 Å². The van der Waals surface area contributed by atoms with E-state index in [4.69, 9.17) is 10.7 Å². The van der Waals surface area contributed by atoms with Gasteiger partial charge < -0.3 is 5.73 Å². The predicted molar refractivity (Wildman–Crippen MR) is 120 cm³/mol. The summed E-state index contributed by atoms with van der Waals surface area (Å²) in [7, 11) is 1.85. The lowest BCUT2D eigenvalue weighted by atomic mass is 9.95. The number of nitrogens with zero attached hydrogens (tertiary/aromatic N) is 5. The van der Waals surface area contributed by atoms with E-state index < -0.39 is 0 Å². The van der Waals surface area contributed by atoms with E-state index in [0.29, 0.717) is 11.5 Å². The molecule has 7 heteroatoms. The quantitative estimate of drug-likeness (QED) is 0.462. The van der Waals surface area contributed by atoms with Gasteiger partial charge in [-0.1, -0.05) is 6.07 Å². The second-order valence-corrected chi connectivity index (χ2v) is 7.42. The zero-order valence-electron chi connectivity index (χ0n) is 17.0. The minimum absolute atomic E-state index is 0.302. The molecule has 0 unspecified atom stereocenters. The Balaban J connectivity index is 1.78. The highest BCUT2D eigenvalue weighted by Crippen LogP contribution is 2.37. The Hall–Kier alpha value is -4.13. The summed E-state index contributed by atoms with van der Waals surface area (Å²) in [5, 5.41) is 5.22. The van der Waals surface area contributed by atoms with Crippen LogP contribution in [0.5, 0.6) is 0 Å². The second kappa shape index (κ2) is 7.28. The number of hydrogen-bond donors (Lipinski definition) is 1. The van der Waals surface area contributed by atoms with Gasteiger partial charge in [0.1, 0.15) is 18.0 Å². The van der Waals surface area contributed by atoms with Crippen LogP contribution >= 0.6 is 0 Å². The van der Waals surface area contributed by atoms with Crippen LogP contribution in [0, 0.1) is 12.7 Å². The van der Waals surface area contributed by atoms with Gasteiger partial charge in [-0.25, -0.2) is 19.3 Å². The molecule has 0 aliphatic heterocycles. The maximum absolute atomic E-state index is 13.5. The van der Waals surface area contributed by atoms with Crippen LogP contribution in [0.15, 0.2) is 67.3 Å². The fourth-order valence-corrected chi connectivity index (χ4v) is 3.72. The Kier molecular flexibility index (Phi) is 4.43. The molecule has 0 amide bonds. The molecule has 0 saturated carbocycles. The van der Waals surface area contributed by atoms with Crippen molar-refractivity contribution >= 4 is 16.7 Å². The Morgan fingerprint density at radius 2 is 1.68 bits per heavy atom. The summed E-state index contributed by atoms with van der Waals surface area (Å²) in [4.78, 5) is 13.4. The van der Waals surface area contributed by atoms with E-state index in [9.17, 15) is 4.39 Å². The average Bonchev–Trinajstić information content (AvgIpc) is 3.20. The van der Waals surface area contributed by atoms with Gasteiger partial charge in [0.05, 0.1) is 17.4 Å². The molecule has 5 aromatic rings. The molecule has 2 aromatic carbocycles. The van der Waals surface area contributed by atoms with Gasteiger partial charge in [-0.05, 0) is 55.0 Å². The summed E-state index contributed by atoms with van der Waals surface area (Å²) in [6.45, 7) is 1.96. The number of hydrogen-bond acceptors (Lipinski definition) is 5. The van der Waals surface area contributed by atoms with E-state index in [0.717, 1.165) is 44.4 Å². The molecule has 0 spiro atoms. The predicted octanol–water partition coefficient (Wildman–Crippen LogP) is 4.79. The number of nitrogen functional groups attached to an aromatic ring is 1. The van der Waals surface area contributed by atoms with Gasteiger partial charge in [0, 0.05) is 46.6 Å². The number of fused-ring (bicyclic) bond motifs is 1. The summed E-state index contributed by atoms with van der Waals surface area (Å²) in [5.41, 5.74) is 13.1. The highest BCUT2D eigenvalue weighted by atomic mass is 19.1. The fraction of sp³-hybridized carbons (Fsp3) is 0.0833. The van der Waals surface area contributed by atoms with Crippen molar-refractivity contribution < 1.29 is 4.39 Å². The number of pyridine rings is 1. The highest BCUT2D eigenvalue weighted by molar-refractivity contribution is 5.92. The summed E-state index contributed by atoms with van der Waals surface area (Å²) in [6, 6.07) is 14.3. The molecular weight excluding hydrogens is 391 g/mol. The lowest BCUT2D eigenvalue weighted by Gasteiger charge is -2.14. The van der Waals surface area contributed by atoms with E-state index >= 15 is 0 Å². The van der Waals surface area contributed by atoms with Crippen molar-refractivity contribution in [1.82, 2.24) is 24.7 Å². The van der Waals surface area contributed by atoms with E-state index in [2.05, 4.69) is 21.1 Å². The first-order valence-electron chi connectivity index (χ1n) is 9.77. The number of anilines is 1. The van der Waals surface area contributed by atoms with Crippen molar-refractivity contribution in [2.45, 2.75) is 6.92 Å². The van der Waals surface area contributed by atoms with Crippen molar-refractivity contribution in [3.63, 3.8) is 0 Å². The minimum Gasteiger partial charge on any atom is -0.383 e. The number of rotatable bonds is 3. The van der Waals surface area contributed by atoms with Crippen LogP contribution in [-0.2, 0) is 7.05 Å². The summed E-state index contributed by atoms with van der Waals surface area (Å²) in [6.07, 6.45) is 5.22. The van der Waals surface area contributed by atoms with E-state index in [1.165, 1.54) is 12.1 Å². The molecule has 0 saturated heterocycles. The average molecular weight is 410 g/mol. The Morgan fingerprint density at radius 3 is 2.42 bits per heavy atom. The number of benzene rings is 2. The van der Waals surface area contributed by atoms with Gasteiger partial charge in [-0.3, -0.25) is 4.68 Å². The Bertz CT molecular complexity index is 1420. The van der Waals surface area contributed by atoms with E-state index in [-0.39, 0.29) is 5.82 Å². The Morgan fingerprint density at radius 1 is 0.903 bits per heavy atom. The van der Waals surface area contributed by atoms with E-state index in [1.54, 1.807) is 29.3 Å². The normalized spacial score (nSPS) is 11.2. The zero-order chi connectivity index (χ0) is 21.5. The molecule has 3 aromatic heterocycles. The van der Waals surface area contributed by atoms with Crippen LogP contribution in [0.4, 0.5) is 10.2 Å². The molecule has 3 heterocycles. The molecule has 0 aliphatic rings. The molecule has 6 nitrogen and oxygen atoms in total. The lowest BCUT2D eigenvalue weighted by Crippen LogP contribution is -1.99. The summed E-state index contributed by atoms with van der Waals surface area (Å²) < 4.78 is 15.3. The first-order chi connectivity index (χ1) is 15.0. The third-order valence-corrected chi connectivity index (χ3v) is 5.33. The van der Waals surface area contributed by atoms with Crippen molar-refractivity contribution in [1.29, 1.82) is 0 Å². The van der Waals surface area contributed by atoms with Crippen molar-refractivity contribution in [2.75, 3.05) is 5.73 Å². The molecule has 0 fully saturated rings. The fourth-order valence-electron chi connectivity index (χ4n) is 3.72. The molecule has 152 valence electrons. The smallest absolute Gasteiger partial charge is 0.132 e. The van der Waals surface area contributed by atoms with Crippen molar-refractivity contribution in [3.05, 3.63) is 78.8 Å². The minimum atomic E-state index is -0.302. The lowest BCUT2D eigenvalue weighted by molar-refractivity contribution is 0.628. The summed E-state index contributed by atoms with van der Waals surface area (Å²) in [5.74, 6) is 0.0834. The van der Waals surface area contributed by atoms with Gasteiger partial charge in [0.15, 0.2) is 0 Å². The third kappa shape index (κ3) is 3.40. The first kappa shape index (κ1) is 18.9. The molecular formula is C24H19FN6. The van der Waals surface area contributed by atoms with Gasteiger partial charge in [-0.2, -0.15) is 5.10 Å². The number of nitrogens with two attached hydrogens (primary N) is 1. The van der Waals surface area contributed by atoms with Gasteiger partial charge in [0.2, 0.25) is 0 Å². The van der Waals surface area contributed by atoms with Crippen LogP contribution in [0.1, 0.15) is 5.69 Å². The van der Waals surface area contributed by atoms with Crippen LogP contribution in [0.3, 0.4) is 0 Å². The zero-order valence-corrected chi connectivity index (χ0v) is 17.0. The maximum atomic E-state index is 13.5. The third-order valence-electron chi connectivity index (χ3n) is 5.33. The maximum Gasteiger partial charge on any atom is 0.132 e. The van der Waals surface area contributed by atoms with Gasteiger partial charge >= 0.3 is 0 Å². The largest absolute Gasteiger partial charge is 0.383 e. The number of aryl methyl sites for hydroxylation is 2. The standard InChI is InChI=1S/C24H19FN6/c1-14-19-9-16(5-8-22(19)28-13-27-14)20-10-21(17-11-29-31(2)12-17)24(26)30-23(20)15-3-6-18(25)7-4-15/h3-13H,1-2H3,(H2,26,30). The molecule has 0 aliphatic carbocycles. The molecule has 2 N–H and O–H groups in total. The van der Waals surface area contributed by atoms with Gasteiger partial charge in [-0.15, -0.1) is 0 Å². The monoisotopic (exact) mass is 410 g/mol. The van der Waals surface area contributed by atoms with Crippen molar-refractivity contribution in [3.8, 4) is 33.5 Å². The first-order valence-corrected chi connectivity index (χ1v) is 9.77. The number of aromatic nitrogens is 5. The van der Waals surface area contributed by atoms with Crippen molar-refractivity contribution in [2.24, 2.45) is 7.05 Å². The molecule has 0 bridgehead atoms. The van der Waals surface area contributed by atoms with E-state index in [1.807, 2.05) is 38.4 Å². The Labute approximate surface area is 178 Å². The highest BCUT2D eigenvalue weighted by Gasteiger charge is 2.16. The molecule has 31 heavy (non-hydrogen) atoms. The topological polar surface area (TPSA) is 82.5 Å². The van der Waals surface area contributed by atoms with Crippen LogP contribution < -0.4 is 5.73 Å².